The van der Waals surface area contributed by atoms with Crippen LogP contribution in [0.5, 0.6) is 0 Å². The maximum absolute atomic E-state index is 12.9. The fourth-order valence-corrected chi connectivity index (χ4v) is 1.97. The van der Waals surface area contributed by atoms with Gasteiger partial charge in [-0.3, -0.25) is 0 Å². The van der Waals surface area contributed by atoms with Crippen LogP contribution in [-0.2, 0) is 6.18 Å². The summed E-state index contributed by atoms with van der Waals surface area (Å²) in [5.74, 6) is 0.421. The Morgan fingerprint density at radius 2 is 1.95 bits per heavy atom. The zero-order chi connectivity index (χ0) is 15.0. The Morgan fingerprint density at radius 3 is 2.57 bits per heavy atom. The Kier molecular flexibility index (Phi) is 3.21. The first kappa shape index (κ1) is 13.7. The molecule has 0 N–H and O–H groups in total. The lowest BCUT2D eigenvalue weighted by molar-refractivity contribution is -0.141. The van der Waals surface area contributed by atoms with E-state index >= 15 is 0 Å². The number of nitrogens with zero attached hydrogens (tertiary/aromatic N) is 3. The van der Waals surface area contributed by atoms with Gasteiger partial charge in [-0.1, -0.05) is 17.7 Å². The van der Waals surface area contributed by atoms with E-state index in [2.05, 4.69) is 10.1 Å². The van der Waals surface area contributed by atoms with Crippen LogP contribution < -0.4 is 0 Å². The van der Waals surface area contributed by atoms with Crippen molar-refractivity contribution in [1.29, 1.82) is 0 Å². The second-order valence-electron chi connectivity index (χ2n) is 4.12. The second-order valence-corrected chi connectivity index (χ2v) is 4.51. The van der Waals surface area contributed by atoms with Crippen molar-refractivity contribution < 1.29 is 17.6 Å². The van der Waals surface area contributed by atoms with Crippen LogP contribution in [0.4, 0.5) is 13.2 Å². The highest BCUT2D eigenvalue weighted by atomic mass is 35.5. The number of halogens is 4. The van der Waals surface area contributed by atoms with E-state index in [0.29, 0.717) is 0 Å². The van der Waals surface area contributed by atoms with Crippen LogP contribution in [0, 0.1) is 0 Å². The van der Waals surface area contributed by atoms with Crippen LogP contribution in [0.2, 0.25) is 5.15 Å². The number of furan rings is 1. The number of rotatable bonds is 2. The molecule has 3 aromatic heterocycles. The van der Waals surface area contributed by atoms with Crippen LogP contribution in [0.15, 0.2) is 47.1 Å². The smallest absolute Gasteiger partial charge is 0.435 e. The van der Waals surface area contributed by atoms with Gasteiger partial charge in [0.05, 0.1) is 6.26 Å². The SMILES string of the molecule is FC(F)(F)c1cc(-c2ccco2)n(-c2cccc(Cl)n2)n1. The highest BCUT2D eigenvalue weighted by Gasteiger charge is 2.35. The van der Waals surface area contributed by atoms with E-state index in [-0.39, 0.29) is 22.4 Å². The summed E-state index contributed by atoms with van der Waals surface area (Å²) in [4.78, 5) is 3.97. The van der Waals surface area contributed by atoms with Crippen molar-refractivity contribution in [3.8, 4) is 17.3 Å². The van der Waals surface area contributed by atoms with Crippen molar-refractivity contribution in [2.24, 2.45) is 0 Å². The van der Waals surface area contributed by atoms with Gasteiger partial charge in [0.15, 0.2) is 17.3 Å². The standard InChI is InChI=1S/C13H7ClF3N3O/c14-11-4-1-5-12(18-11)20-8(9-3-2-6-21-9)7-10(19-20)13(15,16)17/h1-7H. The van der Waals surface area contributed by atoms with E-state index in [0.717, 1.165) is 10.7 Å². The third-order valence-corrected chi connectivity index (χ3v) is 2.90. The molecular weight excluding hydrogens is 307 g/mol. The topological polar surface area (TPSA) is 43.9 Å². The molecule has 0 saturated carbocycles. The molecule has 3 rings (SSSR count). The minimum Gasteiger partial charge on any atom is -0.463 e. The Hall–Kier alpha value is -2.28. The molecule has 108 valence electrons. The lowest BCUT2D eigenvalue weighted by Gasteiger charge is -2.05. The summed E-state index contributed by atoms with van der Waals surface area (Å²) < 4.78 is 44.8. The van der Waals surface area contributed by atoms with Crippen molar-refractivity contribution in [2.45, 2.75) is 6.18 Å². The number of hydrogen-bond acceptors (Lipinski definition) is 3. The Balaban J connectivity index is 2.21. The van der Waals surface area contributed by atoms with Crippen molar-refractivity contribution in [3.05, 3.63) is 53.5 Å². The monoisotopic (exact) mass is 313 g/mol. The van der Waals surface area contributed by atoms with Gasteiger partial charge in [0, 0.05) is 6.07 Å². The van der Waals surface area contributed by atoms with Gasteiger partial charge in [0.25, 0.3) is 0 Å². The van der Waals surface area contributed by atoms with Crippen LogP contribution >= 0.6 is 11.6 Å². The predicted octanol–water partition coefficient (Wildman–Crippen LogP) is 4.20. The maximum Gasteiger partial charge on any atom is 0.435 e. The number of alkyl halides is 3. The molecule has 3 heterocycles. The van der Waals surface area contributed by atoms with Gasteiger partial charge in [-0.15, -0.1) is 0 Å². The summed E-state index contributed by atoms with van der Waals surface area (Å²) >= 11 is 5.77. The summed E-state index contributed by atoms with van der Waals surface area (Å²) in [5.41, 5.74) is -0.891. The molecular formula is C13H7ClF3N3O. The molecule has 0 saturated heterocycles. The fourth-order valence-electron chi connectivity index (χ4n) is 1.81. The van der Waals surface area contributed by atoms with Crippen LogP contribution in [0.3, 0.4) is 0 Å². The van der Waals surface area contributed by atoms with Crippen molar-refractivity contribution >= 4 is 11.6 Å². The third kappa shape index (κ3) is 2.64. The van der Waals surface area contributed by atoms with Crippen LogP contribution in [0.1, 0.15) is 5.69 Å². The Labute approximate surface area is 121 Å². The highest BCUT2D eigenvalue weighted by molar-refractivity contribution is 6.29. The molecule has 0 aliphatic carbocycles. The lowest BCUT2D eigenvalue weighted by atomic mass is 10.3. The molecule has 0 aliphatic heterocycles. The summed E-state index contributed by atoms with van der Waals surface area (Å²) in [6.45, 7) is 0. The number of hydrogen-bond donors (Lipinski definition) is 0. The van der Waals surface area contributed by atoms with Gasteiger partial charge in [0.1, 0.15) is 10.8 Å². The van der Waals surface area contributed by atoms with E-state index in [1.165, 1.54) is 24.5 Å². The number of aromatic nitrogens is 3. The Bertz CT molecular complexity index is 765. The molecule has 0 aromatic carbocycles. The summed E-state index contributed by atoms with van der Waals surface area (Å²) in [7, 11) is 0. The Morgan fingerprint density at radius 1 is 1.14 bits per heavy atom. The average Bonchev–Trinajstić information content (AvgIpc) is 3.07. The molecule has 0 atom stereocenters. The zero-order valence-corrected chi connectivity index (χ0v) is 11.1. The zero-order valence-electron chi connectivity index (χ0n) is 10.3. The van der Waals surface area contributed by atoms with Gasteiger partial charge in [-0.25, -0.2) is 9.67 Å². The molecule has 0 fully saturated rings. The van der Waals surface area contributed by atoms with Crippen molar-refractivity contribution in [2.75, 3.05) is 0 Å². The fraction of sp³-hybridized carbons (Fsp3) is 0.0769. The van der Waals surface area contributed by atoms with Gasteiger partial charge in [-0.2, -0.15) is 18.3 Å². The first-order valence-electron chi connectivity index (χ1n) is 5.79. The minimum absolute atomic E-state index is 0.141. The lowest BCUT2D eigenvalue weighted by Crippen LogP contribution is -2.08. The largest absolute Gasteiger partial charge is 0.463 e. The first-order chi connectivity index (χ1) is 9.95. The van der Waals surface area contributed by atoms with E-state index in [4.69, 9.17) is 16.0 Å². The van der Waals surface area contributed by atoms with Crippen LogP contribution in [0.25, 0.3) is 17.3 Å². The predicted molar refractivity (Wildman–Crippen MR) is 69.1 cm³/mol. The maximum atomic E-state index is 12.9. The van der Waals surface area contributed by atoms with Gasteiger partial charge in [0.2, 0.25) is 0 Å². The average molecular weight is 314 g/mol. The van der Waals surface area contributed by atoms with Crippen LogP contribution in [-0.4, -0.2) is 14.8 Å². The molecule has 8 heteroatoms. The summed E-state index contributed by atoms with van der Waals surface area (Å²) in [6.07, 6.45) is -3.20. The van der Waals surface area contributed by atoms with E-state index < -0.39 is 11.9 Å². The molecule has 0 radical (unpaired) electrons. The molecule has 0 amide bonds. The van der Waals surface area contributed by atoms with E-state index in [1.807, 2.05) is 0 Å². The van der Waals surface area contributed by atoms with Crippen molar-refractivity contribution in [1.82, 2.24) is 14.8 Å². The molecule has 0 unspecified atom stereocenters. The summed E-state index contributed by atoms with van der Waals surface area (Å²) in [6, 6.07) is 8.62. The van der Waals surface area contributed by atoms with Gasteiger partial charge < -0.3 is 4.42 Å². The van der Waals surface area contributed by atoms with Gasteiger partial charge >= 0.3 is 6.18 Å². The third-order valence-electron chi connectivity index (χ3n) is 2.69. The highest BCUT2D eigenvalue weighted by Crippen LogP contribution is 2.33. The second kappa shape index (κ2) is 4.92. The number of pyridine rings is 1. The minimum atomic E-state index is -4.56. The quantitative estimate of drug-likeness (QED) is 0.666. The molecule has 0 bridgehead atoms. The van der Waals surface area contributed by atoms with Gasteiger partial charge in [-0.05, 0) is 24.3 Å². The van der Waals surface area contributed by atoms with Crippen molar-refractivity contribution in [3.63, 3.8) is 0 Å². The van der Waals surface area contributed by atoms with E-state index in [1.54, 1.807) is 12.1 Å². The molecule has 0 aliphatic rings. The normalized spacial score (nSPS) is 11.8. The summed E-state index contributed by atoms with van der Waals surface area (Å²) in [5, 5.41) is 3.71. The molecule has 3 aromatic rings. The molecule has 4 nitrogen and oxygen atoms in total. The van der Waals surface area contributed by atoms with E-state index in [9.17, 15) is 13.2 Å². The molecule has 0 spiro atoms. The molecule has 21 heavy (non-hydrogen) atoms. The first-order valence-corrected chi connectivity index (χ1v) is 6.17.